The van der Waals surface area contributed by atoms with E-state index in [9.17, 15) is 4.79 Å². The van der Waals surface area contributed by atoms with E-state index in [1.165, 1.54) is 0 Å². The van der Waals surface area contributed by atoms with E-state index in [-0.39, 0.29) is 11.8 Å². The molecule has 0 atom stereocenters. The molecule has 6 nitrogen and oxygen atoms in total. The van der Waals surface area contributed by atoms with E-state index in [0.717, 1.165) is 16.5 Å². The maximum absolute atomic E-state index is 12.8. The lowest BCUT2D eigenvalue weighted by molar-refractivity contribution is 0.0771. The van der Waals surface area contributed by atoms with E-state index in [2.05, 4.69) is 10.1 Å². The van der Waals surface area contributed by atoms with Gasteiger partial charge in [0.1, 0.15) is 5.69 Å². The van der Waals surface area contributed by atoms with Crippen molar-refractivity contribution in [2.75, 3.05) is 7.05 Å². The van der Waals surface area contributed by atoms with Crippen molar-refractivity contribution in [3.8, 4) is 0 Å². The second-order valence-corrected chi connectivity index (χ2v) is 6.47. The van der Waals surface area contributed by atoms with Gasteiger partial charge in [0.2, 0.25) is 5.89 Å². The highest BCUT2D eigenvalue weighted by Crippen LogP contribution is 2.23. The number of aryl methyl sites for hydroxylation is 2. The Balaban J connectivity index is 1.85. The van der Waals surface area contributed by atoms with Gasteiger partial charge in [0.15, 0.2) is 5.82 Å². The molecule has 0 spiro atoms. The number of benzene rings is 1. The zero-order chi connectivity index (χ0) is 17.4. The van der Waals surface area contributed by atoms with Gasteiger partial charge < -0.3 is 14.0 Å². The molecule has 0 aliphatic heterocycles. The first-order chi connectivity index (χ1) is 11.4. The van der Waals surface area contributed by atoms with Crippen molar-refractivity contribution < 1.29 is 9.32 Å². The first-order valence-electron chi connectivity index (χ1n) is 8.01. The summed E-state index contributed by atoms with van der Waals surface area (Å²) in [5.41, 5.74) is 2.88. The average Bonchev–Trinajstić information content (AvgIpc) is 3.12. The number of carbonyl (C=O) groups excluding carboxylic acids is 1. The molecule has 0 bridgehead atoms. The van der Waals surface area contributed by atoms with Gasteiger partial charge in [-0.3, -0.25) is 4.79 Å². The fourth-order valence-corrected chi connectivity index (χ4v) is 2.87. The molecule has 24 heavy (non-hydrogen) atoms. The largest absolute Gasteiger partial charge is 0.339 e. The molecule has 0 radical (unpaired) electrons. The molecule has 2 aromatic heterocycles. The van der Waals surface area contributed by atoms with E-state index >= 15 is 0 Å². The molecule has 0 aliphatic rings. The van der Waals surface area contributed by atoms with Gasteiger partial charge in [-0.25, -0.2) is 0 Å². The predicted molar refractivity (Wildman–Crippen MR) is 91.8 cm³/mol. The Morgan fingerprint density at radius 2 is 2.12 bits per heavy atom. The first kappa shape index (κ1) is 16.2. The highest BCUT2D eigenvalue weighted by Gasteiger charge is 2.20. The minimum Gasteiger partial charge on any atom is -0.339 e. The molecule has 0 fully saturated rings. The monoisotopic (exact) mass is 326 g/mol. The maximum atomic E-state index is 12.8. The van der Waals surface area contributed by atoms with Crippen molar-refractivity contribution >= 4 is 16.8 Å². The van der Waals surface area contributed by atoms with E-state index in [4.69, 9.17) is 4.52 Å². The van der Waals surface area contributed by atoms with Crippen LogP contribution in [0.3, 0.4) is 0 Å². The average molecular weight is 326 g/mol. The van der Waals surface area contributed by atoms with Crippen molar-refractivity contribution in [2.45, 2.75) is 33.2 Å². The number of rotatable bonds is 4. The number of nitrogens with zero attached hydrogens (tertiary/aromatic N) is 4. The Hall–Kier alpha value is -2.63. The number of hydrogen-bond donors (Lipinski definition) is 0. The van der Waals surface area contributed by atoms with Gasteiger partial charge in [-0.15, -0.1) is 0 Å². The lowest BCUT2D eigenvalue weighted by atomic mass is 10.2. The van der Waals surface area contributed by atoms with Crippen LogP contribution in [0.2, 0.25) is 0 Å². The fourth-order valence-electron chi connectivity index (χ4n) is 2.87. The molecule has 6 heteroatoms. The van der Waals surface area contributed by atoms with Crippen molar-refractivity contribution in [3.05, 3.63) is 47.2 Å². The molecule has 0 unspecified atom stereocenters. The summed E-state index contributed by atoms with van der Waals surface area (Å²) >= 11 is 0. The second kappa shape index (κ2) is 6.11. The van der Waals surface area contributed by atoms with Crippen molar-refractivity contribution in [3.63, 3.8) is 0 Å². The van der Waals surface area contributed by atoms with Crippen LogP contribution in [0.15, 0.2) is 28.8 Å². The lowest BCUT2D eigenvalue weighted by Crippen LogP contribution is -2.28. The highest BCUT2D eigenvalue weighted by atomic mass is 16.5. The van der Waals surface area contributed by atoms with Crippen molar-refractivity contribution in [1.29, 1.82) is 0 Å². The predicted octanol–water partition coefficient (Wildman–Crippen LogP) is 3.27. The summed E-state index contributed by atoms with van der Waals surface area (Å²) < 4.78 is 7.14. The van der Waals surface area contributed by atoms with Crippen molar-refractivity contribution in [2.24, 2.45) is 7.05 Å². The zero-order valence-electron chi connectivity index (χ0n) is 14.7. The molecule has 126 valence electrons. The van der Waals surface area contributed by atoms with Crippen LogP contribution in [0.4, 0.5) is 0 Å². The van der Waals surface area contributed by atoms with E-state index in [0.29, 0.717) is 24.0 Å². The van der Waals surface area contributed by atoms with Crippen LogP contribution in [0.1, 0.15) is 47.5 Å². The third-order valence-corrected chi connectivity index (χ3v) is 4.18. The van der Waals surface area contributed by atoms with Crippen LogP contribution in [0.5, 0.6) is 0 Å². The maximum Gasteiger partial charge on any atom is 0.270 e. The van der Waals surface area contributed by atoms with Crippen LogP contribution in [-0.4, -0.2) is 32.6 Å². The van der Waals surface area contributed by atoms with Gasteiger partial charge in [-0.2, -0.15) is 4.98 Å². The Morgan fingerprint density at radius 1 is 1.38 bits per heavy atom. The van der Waals surface area contributed by atoms with Gasteiger partial charge in [0.25, 0.3) is 5.91 Å². The van der Waals surface area contributed by atoms with Gasteiger partial charge in [0, 0.05) is 25.4 Å². The SMILES string of the molecule is Cc1cccc2cc(C(=O)N(C)Cc3noc(C(C)C)n3)n(C)c12. The molecule has 1 aromatic carbocycles. The Kier molecular flexibility index (Phi) is 4.13. The summed E-state index contributed by atoms with van der Waals surface area (Å²) in [6, 6.07) is 8.00. The van der Waals surface area contributed by atoms with Crippen molar-refractivity contribution in [1.82, 2.24) is 19.6 Å². The minimum atomic E-state index is -0.0657. The Morgan fingerprint density at radius 3 is 2.75 bits per heavy atom. The highest BCUT2D eigenvalue weighted by molar-refractivity contribution is 5.99. The summed E-state index contributed by atoms with van der Waals surface area (Å²) in [6.45, 7) is 6.34. The summed E-state index contributed by atoms with van der Waals surface area (Å²) in [7, 11) is 3.67. The Bertz CT molecular complexity index is 892. The van der Waals surface area contributed by atoms with E-state index < -0.39 is 0 Å². The standard InChI is InChI=1S/C18H22N4O2/c1-11(2)17-19-15(20-24-17)10-21(4)18(23)14-9-13-8-6-7-12(3)16(13)22(14)5/h6-9,11H,10H2,1-5H3. The topological polar surface area (TPSA) is 64.2 Å². The van der Waals surface area contributed by atoms with Crippen LogP contribution >= 0.6 is 0 Å². The molecule has 0 saturated carbocycles. The molecular formula is C18H22N4O2. The molecule has 2 heterocycles. The van der Waals surface area contributed by atoms with Gasteiger partial charge in [-0.05, 0) is 18.6 Å². The number of para-hydroxylation sites is 1. The van der Waals surface area contributed by atoms with Crippen LogP contribution < -0.4 is 0 Å². The third kappa shape index (κ3) is 2.79. The first-order valence-corrected chi connectivity index (χ1v) is 8.01. The normalized spacial score (nSPS) is 11.4. The second-order valence-electron chi connectivity index (χ2n) is 6.47. The molecule has 0 N–H and O–H groups in total. The number of carbonyl (C=O) groups is 1. The van der Waals surface area contributed by atoms with Crippen LogP contribution in [0, 0.1) is 6.92 Å². The summed E-state index contributed by atoms with van der Waals surface area (Å²) in [4.78, 5) is 18.7. The Labute approximate surface area is 141 Å². The molecule has 3 aromatic rings. The summed E-state index contributed by atoms with van der Waals surface area (Å²) in [5.74, 6) is 1.22. The quantitative estimate of drug-likeness (QED) is 0.738. The van der Waals surface area contributed by atoms with Crippen LogP contribution in [-0.2, 0) is 13.6 Å². The summed E-state index contributed by atoms with van der Waals surface area (Å²) in [6.07, 6.45) is 0. The van der Waals surface area contributed by atoms with Gasteiger partial charge >= 0.3 is 0 Å². The third-order valence-electron chi connectivity index (χ3n) is 4.18. The molecule has 1 amide bonds. The molecule has 0 aliphatic carbocycles. The number of amides is 1. The smallest absolute Gasteiger partial charge is 0.270 e. The molecule has 3 rings (SSSR count). The van der Waals surface area contributed by atoms with Gasteiger partial charge in [-0.1, -0.05) is 37.2 Å². The fraction of sp³-hybridized carbons (Fsp3) is 0.389. The summed E-state index contributed by atoms with van der Waals surface area (Å²) in [5, 5.41) is 5.01. The number of aromatic nitrogens is 3. The molecule has 0 saturated heterocycles. The zero-order valence-corrected chi connectivity index (χ0v) is 14.7. The van der Waals surface area contributed by atoms with E-state index in [1.807, 2.05) is 56.7 Å². The van der Waals surface area contributed by atoms with Crippen LogP contribution in [0.25, 0.3) is 10.9 Å². The van der Waals surface area contributed by atoms with Gasteiger partial charge in [0.05, 0.1) is 12.1 Å². The van der Waals surface area contributed by atoms with E-state index in [1.54, 1.807) is 11.9 Å². The molecular weight excluding hydrogens is 304 g/mol. The minimum absolute atomic E-state index is 0.0657. The number of fused-ring (bicyclic) bond motifs is 1. The number of hydrogen-bond acceptors (Lipinski definition) is 4. The lowest BCUT2D eigenvalue weighted by Gasteiger charge is -2.15.